The van der Waals surface area contributed by atoms with Crippen molar-refractivity contribution in [1.29, 1.82) is 0 Å². The number of esters is 3. The molecule has 0 aromatic carbocycles. The molecule has 6 heteroatoms. The Balaban J connectivity index is 4.24. The smallest absolute Gasteiger partial charge is 0.306 e. The molecule has 0 aromatic heterocycles. The van der Waals surface area contributed by atoms with Gasteiger partial charge in [0.05, 0.1) is 0 Å². The molecule has 0 bridgehead atoms. The molecule has 0 aliphatic heterocycles. The van der Waals surface area contributed by atoms with Gasteiger partial charge in [-0.1, -0.05) is 279 Å². The zero-order valence-corrected chi connectivity index (χ0v) is 44.1. The zero-order valence-electron chi connectivity index (χ0n) is 44.1. The van der Waals surface area contributed by atoms with Gasteiger partial charge < -0.3 is 14.2 Å². The molecule has 0 radical (unpaired) electrons. The van der Waals surface area contributed by atoms with Gasteiger partial charge in [-0.25, -0.2) is 0 Å². The highest BCUT2D eigenvalue weighted by atomic mass is 16.6. The van der Waals surface area contributed by atoms with Crippen molar-refractivity contribution >= 4 is 17.9 Å². The third-order valence-electron chi connectivity index (χ3n) is 13.9. The van der Waals surface area contributed by atoms with E-state index >= 15 is 0 Å². The summed E-state index contributed by atoms with van der Waals surface area (Å²) in [5.74, 6) is 1.72. The first-order chi connectivity index (χ1) is 31.2. The lowest BCUT2D eigenvalue weighted by Gasteiger charge is -2.18. The summed E-state index contributed by atoms with van der Waals surface area (Å²) in [5, 5.41) is 0. The third-order valence-corrected chi connectivity index (χ3v) is 13.9. The van der Waals surface area contributed by atoms with Crippen LogP contribution in [0, 0.1) is 17.8 Å². The molecular formula is C58H112O6. The number of carbonyl (C=O) groups excluding carboxylic acids is 3. The Hall–Kier alpha value is -1.59. The average molecular weight is 906 g/mol. The van der Waals surface area contributed by atoms with Crippen LogP contribution in [0.5, 0.6) is 0 Å². The first-order valence-electron chi connectivity index (χ1n) is 28.7. The molecule has 3 atom stereocenters. The van der Waals surface area contributed by atoms with Crippen LogP contribution < -0.4 is 0 Å². The summed E-state index contributed by atoms with van der Waals surface area (Å²) >= 11 is 0. The summed E-state index contributed by atoms with van der Waals surface area (Å²) in [6.07, 6.45) is 50.9. The standard InChI is InChI=1S/C58H112O6/c1-7-53(5)45-39-33-27-21-17-15-13-11-9-10-12-14-16-18-22-31-37-43-49-58(61)64-55(50-62-56(59)47-41-35-29-23-19-20-26-32-38-44-52(3)4)51-63-57(60)48-42-36-30-25-24-28-34-40-46-54(6)8-2/h52-55H,7-51H2,1-6H3/t53?,54?,55-/m1/s1. The van der Waals surface area contributed by atoms with E-state index in [9.17, 15) is 14.4 Å². The summed E-state index contributed by atoms with van der Waals surface area (Å²) in [4.78, 5) is 38.1. The highest BCUT2D eigenvalue weighted by molar-refractivity contribution is 5.71. The van der Waals surface area contributed by atoms with Crippen LogP contribution in [-0.2, 0) is 28.6 Å². The molecule has 0 aliphatic carbocycles. The molecule has 0 saturated heterocycles. The number of unbranched alkanes of at least 4 members (excludes halogenated alkanes) is 32. The van der Waals surface area contributed by atoms with E-state index in [0.29, 0.717) is 19.3 Å². The van der Waals surface area contributed by atoms with Gasteiger partial charge in [-0.2, -0.15) is 0 Å². The Kier molecular flexibility index (Phi) is 48.1. The Labute approximate surface area is 399 Å². The molecular weight excluding hydrogens is 793 g/mol. The normalized spacial score (nSPS) is 13.0. The number of hydrogen-bond donors (Lipinski definition) is 0. The van der Waals surface area contributed by atoms with E-state index in [1.165, 1.54) is 199 Å². The predicted molar refractivity (Wildman–Crippen MR) is 275 cm³/mol. The van der Waals surface area contributed by atoms with E-state index in [0.717, 1.165) is 75.5 Å². The van der Waals surface area contributed by atoms with Crippen molar-refractivity contribution in [3.8, 4) is 0 Å². The van der Waals surface area contributed by atoms with Crippen molar-refractivity contribution in [1.82, 2.24) is 0 Å². The van der Waals surface area contributed by atoms with Crippen LogP contribution in [-0.4, -0.2) is 37.2 Å². The van der Waals surface area contributed by atoms with E-state index in [1.54, 1.807) is 0 Å². The molecule has 0 amide bonds. The van der Waals surface area contributed by atoms with E-state index in [-0.39, 0.29) is 31.1 Å². The summed E-state index contributed by atoms with van der Waals surface area (Å²) in [6, 6.07) is 0. The molecule has 6 nitrogen and oxygen atoms in total. The van der Waals surface area contributed by atoms with Gasteiger partial charge in [0.25, 0.3) is 0 Å². The van der Waals surface area contributed by atoms with Gasteiger partial charge in [0.1, 0.15) is 13.2 Å². The van der Waals surface area contributed by atoms with Gasteiger partial charge >= 0.3 is 17.9 Å². The molecule has 2 unspecified atom stereocenters. The quantitative estimate of drug-likeness (QED) is 0.0344. The predicted octanol–water partition coefficient (Wildman–Crippen LogP) is 18.7. The molecule has 0 aliphatic rings. The Morgan fingerprint density at radius 1 is 0.312 bits per heavy atom. The third kappa shape index (κ3) is 48.3. The molecule has 0 spiro atoms. The monoisotopic (exact) mass is 905 g/mol. The van der Waals surface area contributed by atoms with Gasteiger partial charge in [-0.15, -0.1) is 0 Å². The molecule has 0 N–H and O–H groups in total. The lowest BCUT2D eigenvalue weighted by molar-refractivity contribution is -0.167. The van der Waals surface area contributed by atoms with Crippen LogP contribution in [0.25, 0.3) is 0 Å². The maximum atomic E-state index is 12.8. The SMILES string of the molecule is CCC(C)CCCCCCCCCCCCCCCCCCCCC(=O)O[C@H](COC(=O)CCCCCCCCCCCC(C)C)COC(=O)CCCCCCCCCCC(C)CC. The molecule has 380 valence electrons. The van der Waals surface area contributed by atoms with Crippen LogP contribution in [0.15, 0.2) is 0 Å². The van der Waals surface area contributed by atoms with E-state index in [1.807, 2.05) is 0 Å². The fourth-order valence-corrected chi connectivity index (χ4v) is 8.76. The Morgan fingerprint density at radius 2 is 0.547 bits per heavy atom. The fourth-order valence-electron chi connectivity index (χ4n) is 8.76. The van der Waals surface area contributed by atoms with Gasteiger partial charge in [0.15, 0.2) is 6.10 Å². The number of hydrogen-bond acceptors (Lipinski definition) is 6. The number of rotatable bonds is 51. The molecule has 0 fully saturated rings. The van der Waals surface area contributed by atoms with Gasteiger partial charge in [0, 0.05) is 19.3 Å². The second kappa shape index (κ2) is 49.3. The van der Waals surface area contributed by atoms with Crippen molar-refractivity contribution in [2.75, 3.05) is 13.2 Å². The maximum absolute atomic E-state index is 12.8. The highest BCUT2D eigenvalue weighted by Crippen LogP contribution is 2.19. The second-order valence-corrected chi connectivity index (χ2v) is 20.9. The molecule has 64 heavy (non-hydrogen) atoms. The van der Waals surface area contributed by atoms with Crippen LogP contribution in [0.4, 0.5) is 0 Å². The Bertz CT molecular complexity index is 995. The van der Waals surface area contributed by atoms with E-state index in [4.69, 9.17) is 14.2 Å². The molecule has 0 rings (SSSR count). The van der Waals surface area contributed by atoms with Crippen LogP contribution >= 0.6 is 0 Å². The number of ether oxygens (including phenoxy) is 3. The van der Waals surface area contributed by atoms with Gasteiger partial charge in [0.2, 0.25) is 0 Å². The lowest BCUT2D eigenvalue weighted by atomic mass is 9.99. The van der Waals surface area contributed by atoms with E-state index in [2.05, 4.69) is 41.5 Å². The summed E-state index contributed by atoms with van der Waals surface area (Å²) in [6.45, 7) is 13.8. The largest absolute Gasteiger partial charge is 0.462 e. The number of carbonyl (C=O) groups is 3. The molecule has 0 aromatic rings. The van der Waals surface area contributed by atoms with Crippen LogP contribution in [0.1, 0.15) is 318 Å². The van der Waals surface area contributed by atoms with Crippen molar-refractivity contribution in [2.45, 2.75) is 324 Å². The van der Waals surface area contributed by atoms with Crippen molar-refractivity contribution in [2.24, 2.45) is 17.8 Å². The van der Waals surface area contributed by atoms with Crippen LogP contribution in [0.3, 0.4) is 0 Å². The van der Waals surface area contributed by atoms with Gasteiger partial charge in [-0.05, 0) is 37.0 Å². The summed E-state index contributed by atoms with van der Waals surface area (Å²) < 4.78 is 16.9. The fraction of sp³-hybridized carbons (Fsp3) is 0.948. The zero-order chi connectivity index (χ0) is 47.0. The summed E-state index contributed by atoms with van der Waals surface area (Å²) in [5.41, 5.74) is 0. The topological polar surface area (TPSA) is 78.9 Å². The maximum Gasteiger partial charge on any atom is 0.306 e. The molecule has 0 saturated carbocycles. The first-order valence-corrected chi connectivity index (χ1v) is 28.7. The second-order valence-electron chi connectivity index (χ2n) is 20.9. The highest BCUT2D eigenvalue weighted by Gasteiger charge is 2.19. The molecule has 0 heterocycles. The minimum absolute atomic E-state index is 0.0646. The van der Waals surface area contributed by atoms with Crippen LogP contribution in [0.2, 0.25) is 0 Å². The van der Waals surface area contributed by atoms with Crippen molar-refractivity contribution < 1.29 is 28.6 Å². The lowest BCUT2D eigenvalue weighted by Crippen LogP contribution is -2.30. The Morgan fingerprint density at radius 3 is 0.812 bits per heavy atom. The van der Waals surface area contributed by atoms with Crippen molar-refractivity contribution in [3.63, 3.8) is 0 Å². The van der Waals surface area contributed by atoms with E-state index < -0.39 is 6.10 Å². The minimum Gasteiger partial charge on any atom is -0.462 e. The first kappa shape index (κ1) is 62.4. The minimum atomic E-state index is -0.764. The average Bonchev–Trinajstić information content (AvgIpc) is 3.28. The van der Waals surface area contributed by atoms with Crippen molar-refractivity contribution in [3.05, 3.63) is 0 Å². The summed E-state index contributed by atoms with van der Waals surface area (Å²) in [7, 11) is 0. The van der Waals surface area contributed by atoms with Gasteiger partial charge in [-0.3, -0.25) is 14.4 Å².